The lowest BCUT2D eigenvalue weighted by Gasteiger charge is -2.29. The average molecular weight is 535 g/mol. The van der Waals surface area contributed by atoms with Crippen molar-refractivity contribution < 1.29 is 9.59 Å². The number of thioether (sulfide) groups is 1. The number of halogens is 1. The molecule has 4 rings (SSSR count). The van der Waals surface area contributed by atoms with E-state index < -0.39 is 5.92 Å². The zero-order valence-electron chi connectivity index (χ0n) is 19.6. The third-order valence-electron chi connectivity index (χ3n) is 5.61. The maximum absolute atomic E-state index is 13.5. The van der Waals surface area contributed by atoms with Crippen LogP contribution in [0, 0.1) is 18.3 Å². The number of thiophene rings is 1. The van der Waals surface area contributed by atoms with Gasteiger partial charge in [-0.25, -0.2) is 0 Å². The van der Waals surface area contributed by atoms with Crippen molar-refractivity contribution in [1.82, 2.24) is 5.32 Å². The molecule has 1 aliphatic heterocycles. The second-order valence-electron chi connectivity index (χ2n) is 8.05. The van der Waals surface area contributed by atoms with Gasteiger partial charge in [-0.1, -0.05) is 59.8 Å². The number of dihydropyridines is 1. The number of anilines is 2. The summed E-state index contributed by atoms with van der Waals surface area (Å²) < 4.78 is 0. The van der Waals surface area contributed by atoms with E-state index in [2.05, 4.69) is 22.0 Å². The Kier molecular flexibility index (Phi) is 8.16. The minimum Gasteiger partial charge on any atom is -0.353 e. The van der Waals surface area contributed by atoms with E-state index in [0.29, 0.717) is 38.3 Å². The molecule has 182 valence electrons. The Morgan fingerprint density at radius 1 is 1.06 bits per heavy atom. The molecular formula is C27H23ClN4O2S2. The first-order valence-electron chi connectivity index (χ1n) is 11.1. The van der Waals surface area contributed by atoms with Crippen LogP contribution in [0.1, 0.15) is 23.3 Å². The van der Waals surface area contributed by atoms with E-state index >= 15 is 0 Å². The topological polar surface area (TPSA) is 94.0 Å². The quantitative estimate of drug-likeness (QED) is 0.325. The zero-order valence-corrected chi connectivity index (χ0v) is 22.0. The predicted octanol–water partition coefficient (Wildman–Crippen LogP) is 6.42. The minimum atomic E-state index is -0.547. The number of nitrogens with zero attached hydrogens (tertiary/aromatic N) is 1. The fourth-order valence-corrected chi connectivity index (χ4v) is 5.77. The molecule has 0 fully saturated rings. The number of amides is 2. The van der Waals surface area contributed by atoms with Gasteiger partial charge in [0.15, 0.2) is 0 Å². The fourth-order valence-electron chi connectivity index (χ4n) is 3.86. The molecule has 36 heavy (non-hydrogen) atoms. The van der Waals surface area contributed by atoms with Crippen molar-refractivity contribution >= 4 is 57.9 Å². The van der Waals surface area contributed by atoms with E-state index in [4.69, 9.17) is 11.6 Å². The number of carbonyl (C=O) groups excluding carboxylic acids is 2. The van der Waals surface area contributed by atoms with Crippen LogP contribution in [0.25, 0.3) is 0 Å². The number of nitriles is 1. The number of rotatable bonds is 7. The van der Waals surface area contributed by atoms with Crippen LogP contribution in [0.3, 0.4) is 0 Å². The highest BCUT2D eigenvalue weighted by atomic mass is 35.5. The van der Waals surface area contributed by atoms with Gasteiger partial charge < -0.3 is 16.0 Å². The molecule has 3 aromatic rings. The number of aryl methyl sites for hydroxylation is 1. The summed E-state index contributed by atoms with van der Waals surface area (Å²) in [5.74, 6) is -1.01. The summed E-state index contributed by atoms with van der Waals surface area (Å²) >= 11 is 8.84. The minimum absolute atomic E-state index is 0.0634. The molecule has 0 spiro atoms. The summed E-state index contributed by atoms with van der Waals surface area (Å²) in [5.41, 5.74) is 3.69. The largest absolute Gasteiger partial charge is 0.353 e. The Bertz CT molecular complexity index is 1410. The monoisotopic (exact) mass is 534 g/mol. The zero-order chi connectivity index (χ0) is 25.7. The van der Waals surface area contributed by atoms with E-state index in [9.17, 15) is 14.9 Å². The lowest BCUT2D eigenvalue weighted by Crippen LogP contribution is -2.31. The number of para-hydroxylation sites is 2. The van der Waals surface area contributed by atoms with Crippen LogP contribution in [0.15, 0.2) is 87.9 Å². The van der Waals surface area contributed by atoms with Gasteiger partial charge in [0.05, 0.1) is 39.1 Å². The molecule has 2 heterocycles. The first-order chi connectivity index (χ1) is 17.4. The molecule has 3 N–H and O–H groups in total. The normalized spacial score (nSPS) is 15.2. The van der Waals surface area contributed by atoms with Crippen molar-refractivity contribution in [3.05, 3.63) is 103 Å². The molecule has 9 heteroatoms. The van der Waals surface area contributed by atoms with E-state index in [1.54, 1.807) is 24.3 Å². The molecular weight excluding hydrogens is 512 g/mol. The molecule has 0 bridgehead atoms. The van der Waals surface area contributed by atoms with Crippen LogP contribution in [0.4, 0.5) is 11.4 Å². The molecule has 2 aromatic carbocycles. The van der Waals surface area contributed by atoms with Crippen molar-refractivity contribution in [2.24, 2.45) is 0 Å². The highest BCUT2D eigenvalue weighted by Gasteiger charge is 2.35. The number of nitrogens with one attached hydrogen (secondary N) is 3. The predicted molar refractivity (Wildman–Crippen MR) is 148 cm³/mol. The van der Waals surface area contributed by atoms with E-state index in [1.165, 1.54) is 23.1 Å². The van der Waals surface area contributed by atoms with Gasteiger partial charge in [0.2, 0.25) is 5.91 Å². The van der Waals surface area contributed by atoms with Crippen LogP contribution in [0.2, 0.25) is 5.02 Å². The third-order valence-corrected chi connectivity index (χ3v) is 7.89. The molecule has 1 atom stereocenters. The maximum atomic E-state index is 13.5. The second-order valence-corrected chi connectivity index (χ2v) is 10.4. The van der Waals surface area contributed by atoms with Gasteiger partial charge in [0.1, 0.15) is 0 Å². The van der Waals surface area contributed by atoms with Crippen LogP contribution < -0.4 is 16.0 Å². The van der Waals surface area contributed by atoms with E-state index in [0.717, 1.165) is 10.4 Å². The highest BCUT2D eigenvalue weighted by Crippen LogP contribution is 2.42. The molecule has 1 aromatic heterocycles. The first kappa shape index (κ1) is 25.6. The van der Waals surface area contributed by atoms with Gasteiger partial charge in [-0.05, 0) is 49.1 Å². The van der Waals surface area contributed by atoms with Gasteiger partial charge in [-0.15, -0.1) is 11.3 Å². The lowest BCUT2D eigenvalue weighted by molar-refractivity contribution is -0.114. The van der Waals surface area contributed by atoms with Crippen LogP contribution in [-0.2, 0) is 9.59 Å². The Morgan fingerprint density at radius 2 is 1.78 bits per heavy atom. The van der Waals surface area contributed by atoms with Crippen LogP contribution >= 0.6 is 34.7 Å². The van der Waals surface area contributed by atoms with Gasteiger partial charge in [-0.3, -0.25) is 9.59 Å². The third kappa shape index (κ3) is 5.65. The number of hydrogen-bond donors (Lipinski definition) is 3. The molecule has 6 nitrogen and oxygen atoms in total. The summed E-state index contributed by atoms with van der Waals surface area (Å²) in [6, 6.07) is 20.7. The van der Waals surface area contributed by atoms with Crippen molar-refractivity contribution in [3.63, 3.8) is 0 Å². The molecule has 0 saturated heterocycles. The fraction of sp³-hybridized carbons (Fsp3) is 0.148. The number of carbonyl (C=O) groups is 2. The van der Waals surface area contributed by atoms with Crippen molar-refractivity contribution in [2.75, 3.05) is 16.4 Å². The van der Waals surface area contributed by atoms with Crippen LogP contribution in [-0.4, -0.2) is 17.6 Å². The Hall–Kier alpha value is -3.51. The lowest BCUT2D eigenvalue weighted by atomic mass is 9.86. The first-order valence-corrected chi connectivity index (χ1v) is 13.3. The summed E-state index contributed by atoms with van der Waals surface area (Å²) in [6.07, 6.45) is 0. The Labute approximate surface area is 223 Å². The molecule has 1 unspecified atom stereocenters. The maximum Gasteiger partial charge on any atom is 0.254 e. The molecule has 0 aliphatic carbocycles. The highest BCUT2D eigenvalue weighted by molar-refractivity contribution is 8.03. The number of allylic oxidation sites excluding steroid dienone is 2. The van der Waals surface area contributed by atoms with Crippen molar-refractivity contribution in [3.8, 4) is 6.07 Å². The van der Waals surface area contributed by atoms with Gasteiger partial charge in [0.25, 0.3) is 5.91 Å². The standard InChI is InChI=1S/C27H23ClN4O2S2/c1-16-8-3-5-10-20(16)32-26(34)24-17(2)30-27(18(14-29)25(24)22-12-7-13-35-22)36-15-23(33)31-21-11-6-4-9-19(21)28/h3-13,25,30H,15H2,1-2H3,(H,31,33)(H,32,34). The SMILES string of the molecule is CC1=C(C(=O)Nc2ccccc2C)C(c2cccs2)C(C#N)=C(SCC(=O)Nc2ccccc2Cl)N1. The summed E-state index contributed by atoms with van der Waals surface area (Å²) in [6.45, 7) is 3.74. The molecule has 1 aliphatic rings. The molecule has 0 radical (unpaired) electrons. The van der Waals surface area contributed by atoms with Gasteiger partial charge in [0, 0.05) is 21.8 Å². The van der Waals surface area contributed by atoms with Gasteiger partial charge in [-0.2, -0.15) is 5.26 Å². The average Bonchev–Trinajstić information content (AvgIpc) is 3.39. The van der Waals surface area contributed by atoms with E-state index in [-0.39, 0.29) is 17.6 Å². The Morgan fingerprint density at radius 3 is 2.44 bits per heavy atom. The smallest absolute Gasteiger partial charge is 0.254 e. The second kappa shape index (κ2) is 11.5. The van der Waals surface area contributed by atoms with E-state index in [1.807, 2.05) is 55.6 Å². The summed E-state index contributed by atoms with van der Waals surface area (Å²) in [4.78, 5) is 27.0. The van der Waals surface area contributed by atoms with Gasteiger partial charge >= 0.3 is 0 Å². The summed E-state index contributed by atoms with van der Waals surface area (Å²) in [7, 11) is 0. The van der Waals surface area contributed by atoms with Crippen LogP contribution in [0.5, 0.6) is 0 Å². The number of benzene rings is 2. The molecule has 0 saturated carbocycles. The summed E-state index contributed by atoms with van der Waals surface area (Å²) in [5, 5.41) is 22.1. The van der Waals surface area contributed by atoms with Crippen molar-refractivity contribution in [2.45, 2.75) is 19.8 Å². The Balaban J connectivity index is 1.60. The molecule has 2 amide bonds. The van der Waals surface area contributed by atoms with Crippen molar-refractivity contribution in [1.29, 1.82) is 5.26 Å². The number of hydrogen-bond acceptors (Lipinski definition) is 6.